The first-order valence-electron chi connectivity index (χ1n) is 6.16. The van der Waals surface area contributed by atoms with E-state index in [1.807, 2.05) is 43.3 Å². The molecule has 0 saturated carbocycles. The van der Waals surface area contributed by atoms with Crippen molar-refractivity contribution < 1.29 is 8.81 Å². The van der Waals surface area contributed by atoms with E-state index in [2.05, 4.69) is 0 Å². The highest BCUT2D eigenvalue weighted by Crippen LogP contribution is 2.31. The zero-order valence-corrected chi connectivity index (χ0v) is 10.6. The number of hydrogen-bond acceptors (Lipinski definition) is 1. The Bertz CT molecular complexity index is 681. The number of hydrogen-bond donors (Lipinski definition) is 0. The monoisotopic (exact) mass is 252 g/mol. The third-order valence-electron chi connectivity index (χ3n) is 3.08. The van der Waals surface area contributed by atoms with E-state index in [0.29, 0.717) is 0 Å². The maximum Gasteiger partial charge on any atom is 0.137 e. The van der Waals surface area contributed by atoms with Gasteiger partial charge in [0.2, 0.25) is 0 Å². The maximum atomic E-state index is 12.9. The summed E-state index contributed by atoms with van der Waals surface area (Å²) in [5.41, 5.74) is 3.01. The van der Waals surface area contributed by atoms with Crippen molar-refractivity contribution in [2.75, 3.05) is 0 Å². The lowest BCUT2D eigenvalue weighted by molar-refractivity contribution is 0.594. The summed E-state index contributed by atoms with van der Waals surface area (Å²) in [6.45, 7) is 2.01. The average molecular weight is 252 g/mol. The minimum atomic E-state index is -0.240. The smallest absolute Gasteiger partial charge is 0.137 e. The van der Waals surface area contributed by atoms with Crippen molar-refractivity contribution in [2.45, 2.75) is 6.92 Å². The number of aryl methyl sites for hydroxylation is 1. The molecule has 0 saturated heterocycles. The van der Waals surface area contributed by atoms with Gasteiger partial charge in [-0.2, -0.15) is 0 Å². The van der Waals surface area contributed by atoms with Crippen LogP contribution in [0.2, 0.25) is 0 Å². The van der Waals surface area contributed by atoms with E-state index in [1.54, 1.807) is 12.1 Å². The van der Waals surface area contributed by atoms with Gasteiger partial charge in [0.1, 0.15) is 17.3 Å². The van der Waals surface area contributed by atoms with Gasteiger partial charge in [-0.25, -0.2) is 4.39 Å². The summed E-state index contributed by atoms with van der Waals surface area (Å²) in [4.78, 5) is 0. The third kappa shape index (κ3) is 2.29. The van der Waals surface area contributed by atoms with Crippen molar-refractivity contribution >= 4 is 0 Å². The van der Waals surface area contributed by atoms with Gasteiger partial charge < -0.3 is 4.42 Å². The quantitative estimate of drug-likeness (QED) is 0.621. The first-order valence-corrected chi connectivity index (χ1v) is 6.16. The molecule has 19 heavy (non-hydrogen) atoms. The van der Waals surface area contributed by atoms with Crippen LogP contribution in [0.15, 0.2) is 65.1 Å². The van der Waals surface area contributed by atoms with Crippen LogP contribution in [0.5, 0.6) is 0 Å². The van der Waals surface area contributed by atoms with E-state index in [-0.39, 0.29) is 5.82 Å². The van der Waals surface area contributed by atoms with Crippen LogP contribution in [0.3, 0.4) is 0 Å². The Labute approximate surface area is 111 Å². The highest BCUT2D eigenvalue weighted by molar-refractivity contribution is 5.68. The minimum absolute atomic E-state index is 0.240. The molecule has 0 spiro atoms. The summed E-state index contributed by atoms with van der Waals surface area (Å²) in [6, 6.07) is 18.3. The van der Waals surface area contributed by atoms with Gasteiger partial charge in [0.15, 0.2) is 0 Å². The number of rotatable bonds is 2. The predicted octanol–water partition coefficient (Wildman–Crippen LogP) is 5.06. The van der Waals surface area contributed by atoms with Crippen LogP contribution in [0, 0.1) is 12.7 Å². The van der Waals surface area contributed by atoms with Crippen molar-refractivity contribution in [1.29, 1.82) is 0 Å². The molecule has 3 aromatic rings. The number of halogens is 1. The van der Waals surface area contributed by atoms with Gasteiger partial charge >= 0.3 is 0 Å². The molecular formula is C17H13FO. The molecule has 1 aromatic heterocycles. The van der Waals surface area contributed by atoms with Crippen LogP contribution in [0.25, 0.3) is 22.6 Å². The number of benzene rings is 2. The van der Waals surface area contributed by atoms with Crippen LogP contribution < -0.4 is 0 Å². The molecule has 3 rings (SSSR count). The molecular weight excluding hydrogens is 239 g/mol. The lowest BCUT2D eigenvalue weighted by Gasteiger charge is -1.99. The third-order valence-corrected chi connectivity index (χ3v) is 3.08. The number of furan rings is 1. The minimum Gasteiger partial charge on any atom is -0.456 e. The molecule has 0 aliphatic carbocycles. The molecule has 1 nitrogen and oxygen atoms in total. The van der Waals surface area contributed by atoms with Gasteiger partial charge in [0.05, 0.1) is 0 Å². The van der Waals surface area contributed by atoms with Crippen LogP contribution in [-0.2, 0) is 0 Å². The first kappa shape index (κ1) is 11.7. The zero-order valence-electron chi connectivity index (χ0n) is 10.6. The second-order valence-corrected chi connectivity index (χ2v) is 4.50. The van der Waals surface area contributed by atoms with Crippen LogP contribution in [0.4, 0.5) is 4.39 Å². The standard InChI is InChI=1S/C17H13FO/c1-12-11-16(13-7-9-15(18)10-8-13)19-17(12)14-5-3-2-4-6-14/h2-11H,1H3. The largest absolute Gasteiger partial charge is 0.456 e. The van der Waals surface area contributed by atoms with Gasteiger partial charge in [0.25, 0.3) is 0 Å². The summed E-state index contributed by atoms with van der Waals surface area (Å²) < 4.78 is 18.8. The van der Waals surface area contributed by atoms with Gasteiger partial charge in [-0.15, -0.1) is 0 Å². The molecule has 2 heteroatoms. The molecule has 0 radical (unpaired) electrons. The predicted molar refractivity (Wildman–Crippen MR) is 74.3 cm³/mol. The molecule has 0 bridgehead atoms. The molecule has 94 valence electrons. The second-order valence-electron chi connectivity index (χ2n) is 4.50. The Balaban J connectivity index is 2.04. The van der Waals surface area contributed by atoms with Crippen molar-refractivity contribution in [3.8, 4) is 22.6 Å². The van der Waals surface area contributed by atoms with E-state index in [0.717, 1.165) is 28.2 Å². The van der Waals surface area contributed by atoms with Crippen LogP contribution >= 0.6 is 0 Å². The Hall–Kier alpha value is -2.35. The Morgan fingerprint density at radius 3 is 2.21 bits per heavy atom. The van der Waals surface area contributed by atoms with Crippen molar-refractivity contribution in [3.05, 3.63) is 72.0 Å². The van der Waals surface area contributed by atoms with E-state index in [9.17, 15) is 4.39 Å². The van der Waals surface area contributed by atoms with Gasteiger partial charge in [-0.1, -0.05) is 30.3 Å². The second kappa shape index (κ2) is 4.73. The first-order chi connectivity index (χ1) is 9.24. The summed E-state index contributed by atoms with van der Waals surface area (Å²) in [5, 5.41) is 0. The average Bonchev–Trinajstić information content (AvgIpc) is 2.83. The molecule has 0 amide bonds. The van der Waals surface area contributed by atoms with E-state index in [4.69, 9.17) is 4.42 Å². The summed E-state index contributed by atoms with van der Waals surface area (Å²) in [6.07, 6.45) is 0. The molecule has 0 aliphatic heterocycles. The van der Waals surface area contributed by atoms with Gasteiger partial charge in [0, 0.05) is 11.1 Å². The molecule has 0 N–H and O–H groups in total. The van der Waals surface area contributed by atoms with E-state index >= 15 is 0 Å². The fourth-order valence-electron chi connectivity index (χ4n) is 2.11. The van der Waals surface area contributed by atoms with Gasteiger partial charge in [-0.3, -0.25) is 0 Å². The Kier molecular flexibility index (Phi) is 2.92. The maximum absolute atomic E-state index is 12.9. The highest BCUT2D eigenvalue weighted by atomic mass is 19.1. The van der Waals surface area contributed by atoms with Gasteiger partial charge in [-0.05, 0) is 42.8 Å². The van der Waals surface area contributed by atoms with E-state index < -0.39 is 0 Å². The fourth-order valence-corrected chi connectivity index (χ4v) is 2.11. The summed E-state index contributed by atoms with van der Waals surface area (Å²) >= 11 is 0. The summed E-state index contributed by atoms with van der Waals surface area (Å²) in [7, 11) is 0. The molecule has 0 aliphatic rings. The zero-order chi connectivity index (χ0) is 13.2. The molecule has 2 aromatic carbocycles. The lowest BCUT2D eigenvalue weighted by atomic mass is 10.1. The molecule has 1 heterocycles. The normalized spacial score (nSPS) is 10.6. The lowest BCUT2D eigenvalue weighted by Crippen LogP contribution is -1.75. The molecule has 0 unspecified atom stereocenters. The topological polar surface area (TPSA) is 13.1 Å². The molecule has 0 fully saturated rings. The van der Waals surface area contributed by atoms with Crippen molar-refractivity contribution in [1.82, 2.24) is 0 Å². The van der Waals surface area contributed by atoms with E-state index in [1.165, 1.54) is 12.1 Å². The fraction of sp³-hybridized carbons (Fsp3) is 0.0588. The highest BCUT2D eigenvalue weighted by Gasteiger charge is 2.10. The van der Waals surface area contributed by atoms with Crippen molar-refractivity contribution in [3.63, 3.8) is 0 Å². The summed E-state index contributed by atoms with van der Waals surface area (Å²) in [5.74, 6) is 1.38. The SMILES string of the molecule is Cc1cc(-c2ccc(F)cc2)oc1-c1ccccc1. The van der Waals surface area contributed by atoms with Crippen LogP contribution in [-0.4, -0.2) is 0 Å². The van der Waals surface area contributed by atoms with Crippen molar-refractivity contribution in [2.24, 2.45) is 0 Å². The Morgan fingerprint density at radius 2 is 1.53 bits per heavy atom. The molecule has 0 atom stereocenters. The van der Waals surface area contributed by atoms with Crippen LogP contribution in [0.1, 0.15) is 5.56 Å². The Morgan fingerprint density at radius 1 is 0.842 bits per heavy atom.